The van der Waals surface area contributed by atoms with Crippen molar-refractivity contribution in [3.05, 3.63) is 167 Å². The van der Waals surface area contributed by atoms with Crippen LogP contribution in [0.15, 0.2) is 127 Å². The average Bonchev–Trinajstić information content (AvgIpc) is 3.30. The van der Waals surface area contributed by atoms with Gasteiger partial charge in [0.25, 0.3) is 0 Å². The largest absolute Gasteiger partial charge is 0.251 e. The summed E-state index contributed by atoms with van der Waals surface area (Å²) in [6.07, 6.45) is 0. The van der Waals surface area contributed by atoms with Crippen molar-refractivity contribution in [3.63, 3.8) is 0 Å². The first kappa shape index (κ1) is 24.2. The molecule has 0 saturated carbocycles. The molecule has 2 aromatic heterocycles. The van der Waals surface area contributed by atoms with E-state index in [-0.39, 0.29) is 0 Å². The van der Waals surface area contributed by atoms with E-state index < -0.39 is 5.41 Å². The first-order valence-corrected chi connectivity index (χ1v) is 13.8. The molecule has 0 radical (unpaired) electrons. The average molecular weight is 515 g/mol. The molecular weight excluding hydrogens is 484 g/mol. The number of aromatic nitrogens is 2. The second-order valence-electron chi connectivity index (χ2n) is 10.8. The zero-order valence-corrected chi connectivity index (χ0v) is 23.0. The van der Waals surface area contributed by atoms with Gasteiger partial charge in [0.05, 0.1) is 22.8 Å². The fourth-order valence-corrected chi connectivity index (χ4v) is 6.23. The lowest BCUT2D eigenvalue weighted by Crippen LogP contribution is -2.31. The molecule has 0 aliphatic heterocycles. The summed E-state index contributed by atoms with van der Waals surface area (Å²) in [4.78, 5) is 10.8. The lowest BCUT2D eigenvalue weighted by atomic mass is 9.72. The summed E-state index contributed by atoms with van der Waals surface area (Å²) in [5.41, 5.74) is 14.2. The molecule has 1 aliphatic carbocycles. The third-order valence-electron chi connectivity index (χ3n) is 8.34. The number of nitrogens with zero attached hydrogens (tertiary/aromatic N) is 2. The van der Waals surface area contributed by atoms with Crippen LogP contribution in [0.25, 0.3) is 33.6 Å². The Bertz CT molecular complexity index is 1850. The minimum absolute atomic E-state index is 0.650. The van der Waals surface area contributed by atoms with Gasteiger partial charge in [0.15, 0.2) is 0 Å². The maximum absolute atomic E-state index is 5.42. The highest BCUT2D eigenvalue weighted by Gasteiger charge is 2.48. The standard InChI is InChI=1S/C38H30N2/c1-25-11-8-12-28(23-25)34-17-9-19-36(39-34)38(32-15-6-4-13-30(32)31-14-5-7-16-33(31)38)37-20-10-18-35(40-37)29-22-21-26(2)27(3)24-29/h4-24H,1-3H3. The molecule has 7 rings (SSSR count). The van der Waals surface area contributed by atoms with Gasteiger partial charge in [0.2, 0.25) is 0 Å². The van der Waals surface area contributed by atoms with E-state index in [0.717, 1.165) is 33.9 Å². The molecule has 2 heteroatoms. The van der Waals surface area contributed by atoms with Crippen LogP contribution in [0.3, 0.4) is 0 Å². The normalized spacial score (nSPS) is 13.1. The Labute approximate surface area is 236 Å². The molecule has 0 bridgehead atoms. The zero-order chi connectivity index (χ0) is 27.3. The Kier molecular flexibility index (Phi) is 5.71. The first-order chi connectivity index (χ1) is 19.6. The highest BCUT2D eigenvalue weighted by molar-refractivity contribution is 5.85. The van der Waals surface area contributed by atoms with Crippen molar-refractivity contribution in [2.24, 2.45) is 0 Å². The summed E-state index contributed by atoms with van der Waals surface area (Å²) >= 11 is 0. The van der Waals surface area contributed by atoms with Gasteiger partial charge in [0.1, 0.15) is 5.41 Å². The molecule has 0 spiro atoms. The fraction of sp³-hybridized carbons (Fsp3) is 0.105. The van der Waals surface area contributed by atoms with Crippen molar-refractivity contribution in [1.29, 1.82) is 0 Å². The molecule has 0 saturated heterocycles. The van der Waals surface area contributed by atoms with E-state index in [2.05, 4.69) is 148 Å². The zero-order valence-electron chi connectivity index (χ0n) is 23.0. The molecule has 1 aliphatic rings. The summed E-state index contributed by atoms with van der Waals surface area (Å²) in [5.74, 6) is 0. The van der Waals surface area contributed by atoms with Crippen molar-refractivity contribution >= 4 is 0 Å². The van der Waals surface area contributed by atoms with Crippen LogP contribution >= 0.6 is 0 Å². The van der Waals surface area contributed by atoms with Crippen LogP contribution in [-0.2, 0) is 5.41 Å². The van der Waals surface area contributed by atoms with E-state index in [4.69, 9.17) is 9.97 Å². The molecule has 192 valence electrons. The van der Waals surface area contributed by atoms with Crippen LogP contribution in [0.4, 0.5) is 0 Å². The summed E-state index contributed by atoms with van der Waals surface area (Å²) in [7, 11) is 0. The van der Waals surface area contributed by atoms with Crippen LogP contribution in [0.1, 0.15) is 39.2 Å². The second-order valence-corrected chi connectivity index (χ2v) is 10.8. The quantitative estimate of drug-likeness (QED) is 0.234. The van der Waals surface area contributed by atoms with E-state index >= 15 is 0 Å². The third kappa shape index (κ3) is 3.71. The van der Waals surface area contributed by atoms with Crippen molar-refractivity contribution < 1.29 is 0 Å². The molecule has 2 heterocycles. The molecule has 0 atom stereocenters. The summed E-state index contributed by atoms with van der Waals surface area (Å²) in [6, 6.07) is 45.5. The van der Waals surface area contributed by atoms with Gasteiger partial charge in [-0.15, -0.1) is 0 Å². The molecule has 2 nitrogen and oxygen atoms in total. The van der Waals surface area contributed by atoms with Crippen LogP contribution in [0.2, 0.25) is 0 Å². The fourth-order valence-electron chi connectivity index (χ4n) is 6.23. The van der Waals surface area contributed by atoms with Gasteiger partial charge in [-0.25, -0.2) is 0 Å². The van der Waals surface area contributed by atoms with Crippen LogP contribution in [0, 0.1) is 20.8 Å². The first-order valence-electron chi connectivity index (χ1n) is 13.8. The molecule has 4 aromatic carbocycles. The van der Waals surface area contributed by atoms with Gasteiger partial charge >= 0.3 is 0 Å². The van der Waals surface area contributed by atoms with Gasteiger partial charge in [-0.05, 0) is 90.6 Å². The SMILES string of the molecule is Cc1cccc(-c2cccc(C3(c4cccc(-c5ccc(C)c(C)c5)n4)c4ccccc4-c4ccccc43)n2)c1. The van der Waals surface area contributed by atoms with Crippen molar-refractivity contribution in [2.75, 3.05) is 0 Å². The topological polar surface area (TPSA) is 25.8 Å². The van der Waals surface area contributed by atoms with Gasteiger partial charge in [-0.3, -0.25) is 9.97 Å². The highest BCUT2D eigenvalue weighted by Crippen LogP contribution is 2.55. The third-order valence-corrected chi connectivity index (χ3v) is 8.34. The highest BCUT2D eigenvalue weighted by atomic mass is 14.8. The Hall–Kier alpha value is -4.82. The summed E-state index contributed by atoms with van der Waals surface area (Å²) < 4.78 is 0. The number of rotatable bonds is 4. The summed E-state index contributed by atoms with van der Waals surface area (Å²) in [5, 5.41) is 0. The predicted molar refractivity (Wildman–Crippen MR) is 164 cm³/mol. The van der Waals surface area contributed by atoms with Crippen LogP contribution < -0.4 is 0 Å². The number of fused-ring (bicyclic) bond motifs is 3. The van der Waals surface area contributed by atoms with Crippen molar-refractivity contribution in [3.8, 4) is 33.6 Å². The lowest BCUT2D eigenvalue weighted by molar-refractivity contribution is 0.708. The van der Waals surface area contributed by atoms with Crippen molar-refractivity contribution in [2.45, 2.75) is 26.2 Å². The van der Waals surface area contributed by atoms with E-state index in [1.54, 1.807) is 0 Å². The maximum atomic E-state index is 5.42. The molecule has 0 amide bonds. The number of hydrogen-bond donors (Lipinski definition) is 0. The van der Waals surface area contributed by atoms with E-state index in [9.17, 15) is 0 Å². The molecule has 6 aromatic rings. The Morgan fingerprint density at radius 3 is 1.57 bits per heavy atom. The Morgan fingerprint density at radius 1 is 0.450 bits per heavy atom. The smallest absolute Gasteiger partial charge is 0.106 e. The van der Waals surface area contributed by atoms with E-state index in [1.165, 1.54) is 38.9 Å². The lowest BCUT2D eigenvalue weighted by Gasteiger charge is -2.32. The molecular formula is C38H30N2. The van der Waals surface area contributed by atoms with Crippen LogP contribution in [0.5, 0.6) is 0 Å². The molecule has 0 fully saturated rings. The second kappa shape index (κ2) is 9.43. The Morgan fingerprint density at radius 2 is 1.00 bits per heavy atom. The Balaban J connectivity index is 1.54. The van der Waals surface area contributed by atoms with Crippen molar-refractivity contribution in [1.82, 2.24) is 9.97 Å². The summed E-state index contributed by atoms with van der Waals surface area (Å²) in [6.45, 7) is 6.44. The number of pyridine rings is 2. The van der Waals surface area contributed by atoms with Gasteiger partial charge < -0.3 is 0 Å². The number of hydrogen-bond acceptors (Lipinski definition) is 2. The number of benzene rings is 4. The van der Waals surface area contributed by atoms with Crippen LogP contribution in [-0.4, -0.2) is 9.97 Å². The predicted octanol–water partition coefficient (Wildman–Crippen LogP) is 9.10. The number of aryl methyl sites for hydroxylation is 3. The monoisotopic (exact) mass is 514 g/mol. The molecule has 0 unspecified atom stereocenters. The van der Waals surface area contributed by atoms with Gasteiger partial charge in [-0.1, -0.05) is 96.6 Å². The van der Waals surface area contributed by atoms with E-state index in [1.807, 2.05) is 0 Å². The van der Waals surface area contributed by atoms with E-state index in [0.29, 0.717) is 0 Å². The maximum Gasteiger partial charge on any atom is 0.106 e. The molecule has 0 N–H and O–H groups in total. The minimum atomic E-state index is -0.650. The van der Waals surface area contributed by atoms with Gasteiger partial charge in [-0.2, -0.15) is 0 Å². The van der Waals surface area contributed by atoms with Gasteiger partial charge in [0, 0.05) is 11.1 Å². The molecule has 40 heavy (non-hydrogen) atoms. The minimum Gasteiger partial charge on any atom is -0.251 e.